The van der Waals surface area contributed by atoms with Crippen LogP contribution in [0.3, 0.4) is 0 Å². The normalized spacial score (nSPS) is 13.3. The van der Waals surface area contributed by atoms with Crippen LogP contribution in [0.4, 0.5) is 0 Å². The molecule has 0 saturated heterocycles. The number of rotatable bonds is 8. The Hall–Kier alpha value is -1.54. The molecule has 3 nitrogen and oxygen atoms in total. The molecule has 0 atom stereocenters. The fourth-order valence-electron chi connectivity index (χ4n) is 4.99. The largest absolute Gasteiger partial charge is 0.506 e. The summed E-state index contributed by atoms with van der Waals surface area (Å²) in [5.41, 5.74) is 4.94. The number of thioether (sulfide) groups is 4. The van der Waals surface area contributed by atoms with E-state index in [0.29, 0.717) is 27.4 Å². The zero-order valence-corrected chi connectivity index (χ0v) is 34.6. The summed E-state index contributed by atoms with van der Waals surface area (Å²) >= 11 is 6.44. The molecule has 3 N–H and O–H groups in total. The Labute approximate surface area is 302 Å². The minimum Gasteiger partial charge on any atom is -0.506 e. The van der Waals surface area contributed by atoms with Gasteiger partial charge in [-0.2, -0.15) is 0 Å². The Morgan fingerprint density at radius 2 is 0.596 bits per heavy atom. The molecule has 0 amide bonds. The molecular weight excluding hydrogens is 657 g/mol. The number of aromatic hydroxyl groups is 3. The van der Waals surface area contributed by atoms with Crippen molar-refractivity contribution in [1.82, 2.24) is 0 Å². The first-order chi connectivity index (χ1) is 21.2. The van der Waals surface area contributed by atoms with Crippen molar-refractivity contribution in [1.29, 1.82) is 0 Å². The van der Waals surface area contributed by atoms with Crippen LogP contribution in [0, 0.1) is 0 Å². The summed E-state index contributed by atoms with van der Waals surface area (Å²) in [5, 5.41) is 35.4. The molecule has 0 heterocycles. The van der Waals surface area contributed by atoms with Crippen LogP contribution in [0.5, 0.6) is 17.2 Å². The first kappa shape index (κ1) is 39.9. The van der Waals surface area contributed by atoms with Crippen LogP contribution in [-0.4, -0.2) is 25.5 Å². The van der Waals surface area contributed by atoms with Crippen LogP contribution in [0.25, 0.3) is 0 Å². The van der Waals surface area contributed by atoms with Crippen LogP contribution in [-0.2, 0) is 27.1 Å². The van der Waals surface area contributed by atoms with Crippen LogP contribution in [0.2, 0.25) is 0 Å². The summed E-state index contributed by atoms with van der Waals surface area (Å²) < 4.78 is 0. The topological polar surface area (TPSA) is 60.7 Å². The Balaban J connectivity index is 1.90. The average Bonchev–Trinajstić information content (AvgIpc) is 2.88. The highest BCUT2D eigenvalue weighted by Crippen LogP contribution is 2.48. The monoisotopic (exact) mass is 714 g/mol. The van der Waals surface area contributed by atoms with Gasteiger partial charge >= 0.3 is 0 Å². The second-order valence-electron chi connectivity index (χ2n) is 17.6. The van der Waals surface area contributed by atoms with E-state index in [1.807, 2.05) is 0 Å². The number of phenolic OH excluding ortho intramolecular Hbond substituents is 3. The van der Waals surface area contributed by atoms with E-state index in [4.69, 9.17) is 0 Å². The highest BCUT2D eigenvalue weighted by atomic mass is 32.2. The van der Waals surface area contributed by atoms with Crippen molar-refractivity contribution in [3.8, 4) is 17.2 Å². The van der Waals surface area contributed by atoms with Gasteiger partial charge < -0.3 is 15.3 Å². The molecule has 3 aromatic rings. The van der Waals surface area contributed by atoms with E-state index in [0.717, 1.165) is 36.3 Å². The van der Waals surface area contributed by atoms with Crippen LogP contribution >= 0.6 is 47.0 Å². The van der Waals surface area contributed by atoms with Crippen molar-refractivity contribution in [2.75, 3.05) is 10.2 Å². The van der Waals surface area contributed by atoms with Gasteiger partial charge in [-0.3, -0.25) is 0 Å². The fourth-order valence-corrected chi connectivity index (χ4v) is 9.39. The predicted molar refractivity (Wildman–Crippen MR) is 211 cm³/mol. The summed E-state index contributed by atoms with van der Waals surface area (Å²) in [6, 6.07) is 12.8. The highest BCUT2D eigenvalue weighted by molar-refractivity contribution is 8.16. The Morgan fingerprint density at radius 3 is 0.830 bits per heavy atom. The van der Waals surface area contributed by atoms with Crippen molar-refractivity contribution in [2.24, 2.45) is 0 Å². The van der Waals surface area contributed by atoms with Gasteiger partial charge in [0.1, 0.15) is 17.2 Å². The second-order valence-corrected chi connectivity index (χ2v) is 22.4. The molecular formula is C40H58O3S4. The van der Waals surface area contributed by atoms with E-state index in [-0.39, 0.29) is 27.1 Å². The molecule has 260 valence electrons. The van der Waals surface area contributed by atoms with Gasteiger partial charge in [-0.15, -0.1) is 47.0 Å². The lowest BCUT2D eigenvalue weighted by molar-refractivity contribution is 0.431. The van der Waals surface area contributed by atoms with Gasteiger partial charge in [-0.05, 0) is 68.0 Å². The number of hydrogen-bond acceptors (Lipinski definition) is 7. The lowest BCUT2D eigenvalue weighted by Crippen LogP contribution is -2.16. The third kappa shape index (κ3) is 10.2. The standard InChI is InChI=1S/C40H58O3S4/c1-36(2,3)24-16-27(39(10,11)12)33(41)29(18-24)44-22-46-31-20-26(38(7,8)9)21-32(35(31)43)47-23-45-30-19-25(37(4,5)6)17-28(34(30)42)40(13,14)15/h16-21,41-43H,22-23H2,1-15H3. The van der Waals surface area contributed by atoms with E-state index in [1.54, 1.807) is 47.0 Å². The number of hydrogen-bond donors (Lipinski definition) is 3. The lowest BCUT2D eigenvalue weighted by atomic mass is 9.80. The zero-order valence-electron chi connectivity index (χ0n) is 31.4. The van der Waals surface area contributed by atoms with E-state index in [2.05, 4.69) is 140 Å². The minimum absolute atomic E-state index is 0.0429. The maximum atomic E-state index is 11.5. The summed E-state index contributed by atoms with van der Waals surface area (Å²) in [7, 11) is 0. The smallest absolute Gasteiger partial charge is 0.142 e. The number of phenols is 3. The molecule has 3 aromatic carbocycles. The van der Waals surface area contributed by atoms with Crippen molar-refractivity contribution < 1.29 is 15.3 Å². The molecule has 0 aliphatic heterocycles. The van der Waals surface area contributed by atoms with Crippen LogP contribution < -0.4 is 0 Å². The Bertz CT molecular complexity index is 1470. The van der Waals surface area contributed by atoms with Crippen molar-refractivity contribution in [3.63, 3.8) is 0 Å². The molecule has 7 heteroatoms. The molecule has 3 rings (SSSR count). The van der Waals surface area contributed by atoms with Gasteiger partial charge in [0.25, 0.3) is 0 Å². The first-order valence-corrected chi connectivity index (χ1v) is 20.3. The second kappa shape index (κ2) is 14.4. The Morgan fingerprint density at radius 1 is 0.362 bits per heavy atom. The molecule has 0 unspecified atom stereocenters. The molecule has 0 aliphatic carbocycles. The van der Waals surface area contributed by atoms with E-state index < -0.39 is 0 Å². The maximum Gasteiger partial charge on any atom is 0.142 e. The predicted octanol–water partition coefficient (Wildman–Crippen LogP) is 13.0. The summed E-state index contributed by atoms with van der Waals surface area (Å²) in [6.07, 6.45) is 0. The molecule has 0 fully saturated rings. The van der Waals surface area contributed by atoms with Crippen LogP contribution in [0.1, 0.15) is 132 Å². The summed E-state index contributed by atoms with van der Waals surface area (Å²) in [6.45, 7) is 32.6. The average molecular weight is 715 g/mol. The minimum atomic E-state index is -0.184. The molecule has 0 aliphatic rings. The molecule has 47 heavy (non-hydrogen) atoms. The first-order valence-electron chi connectivity index (χ1n) is 16.4. The number of benzene rings is 3. The Kier molecular flexibility index (Phi) is 12.2. The maximum absolute atomic E-state index is 11.5. The molecule has 0 bridgehead atoms. The summed E-state index contributed by atoms with van der Waals surface area (Å²) in [5.74, 6) is 0.996. The van der Waals surface area contributed by atoms with Gasteiger partial charge in [-0.25, -0.2) is 0 Å². The zero-order chi connectivity index (χ0) is 35.9. The summed E-state index contributed by atoms with van der Waals surface area (Å²) in [4.78, 5) is 3.43. The van der Waals surface area contributed by atoms with Gasteiger partial charge in [-0.1, -0.05) is 116 Å². The van der Waals surface area contributed by atoms with Gasteiger partial charge in [0.15, 0.2) is 0 Å². The molecule has 0 spiro atoms. The van der Waals surface area contributed by atoms with E-state index in [1.165, 1.54) is 11.1 Å². The van der Waals surface area contributed by atoms with Crippen molar-refractivity contribution in [3.05, 3.63) is 64.2 Å². The van der Waals surface area contributed by atoms with Crippen molar-refractivity contribution >= 4 is 47.0 Å². The van der Waals surface area contributed by atoms with Gasteiger partial charge in [0.05, 0.1) is 19.6 Å². The third-order valence-electron chi connectivity index (χ3n) is 8.26. The third-order valence-corrected chi connectivity index (χ3v) is 12.6. The highest BCUT2D eigenvalue weighted by Gasteiger charge is 2.27. The molecule has 0 radical (unpaired) electrons. The quantitative estimate of drug-likeness (QED) is 0.159. The van der Waals surface area contributed by atoms with Gasteiger partial charge in [0.2, 0.25) is 0 Å². The SMILES string of the molecule is CC(C)(C)c1cc(SCSc2cc(C(C)(C)C)cc(C(C)(C)C)c2O)c(O)c(SCSc2cc(C(C)(C)C)cc(C(C)(C)C)c2O)c1. The molecule has 0 aromatic heterocycles. The van der Waals surface area contributed by atoms with E-state index >= 15 is 0 Å². The van der Waals surface area contributed by atoms with Crippen molar-refractivity contribution in [2.45, 2.75) is 151 Å². The lowest BCUT2D eigenvalue weighted by Gasteiger charge is -2.27. The fraction of sp³-hybridized carbons (Fsp3) is 0.550. The van der Waals surface area contributed by atoms with E-state index in [9.17, 15) is 15.3 Å². The molecule has 0 saturated carbocycles. The van der Waals surface area contributed by atoms with Crippen LogP contribution in [0.15, 0.2) is 56.0 Å². The van der Waals surface area contributed by atoms with Gasteiger partial charge in [0, 0.05) is 21.3 Å².